The molecule has 3 heteroatoms. The highest BCUT2D eigenvalue weighted by atomic mass is 32.1. The Labute approximate surface area is 140 Å². The van der Waals surface area contributed by atoms with Crippen molar-refractivity contribution in [2.75, 3.05) is 0 Å². The fourth-order valence-electron chi connectivity index (χ4n) is 2.09. The molecule has 0 saturated heterocycles. The summed E-state index contributed by atoms with van der Waals surface area (Å²) in [5.41, 5.74) is 3.02. The SMILES string of the molecule is Cc1ccsc1C.c1cc2c(s1)CCCC2.c1ccsc1. The number of fused-ring (bicyclic) bond motifs is 1. The lowest BCUT2D eigenvalue weighted by Crippen LogP contribution is -1.96. The van der Waals surface area contributed by atoms with Crippen LogP contribution in [0.2, 0.25) is 0 Å². The first-order valence-electron chi connectivity index (χ1n) is 7.30. The second-order valence-corrected chi connectivity index (χ2v) is 7.97. The molecule has 3 heterocycles. The molecule has 0 unspecified atom stereocenters. The molecule has 0 aromatic carbocycles. The fraction of sp³-hybridized carbons (Fsp3) is 0.333. The molecule has 0 spiro atoms. The maximum Gasteiger partial charge on any atom is 0.00772 e. The summed E-state index contributed by atoms with van der Waals surface area (Å²) in [5, 5.41) is 8.42. The number of aryl methyl sites for hydroxylation is 4. The minimum atomic E-state index is 1.33. The molecule has 112 valence electrons. The van der Waals surface area contributed by atoms with Crippen molar-refractivity contribution in [3.05, 3.63) is 66.7 Å². The normalized spacial score (nSPS) is 12.5. The van der Waals surface area contributed by atoms with Crippen LogP contribution in [0.1, 0.15) is 33.7 Å². The summed E-state index contributed by atoms with van der Waals surface area (Å²) < 4.78 is 0. The van der Waals surface area contributed by atoms with E-state index >= 15 is 0 Å². The van der Waals surface area contributed by atoms with Gasteiger partial charge in [0.05, 0.1) is 0 Å². The van der Waals surface area contributed by atoms with Crippen molar-refractivity contribution in [2.45, 2.75) is 39.5 Å². The summed E-state index contributed by atoms with van der Waals surface area (Å²) in [4.78, 5) is 3.07. The van der Waals surface area contributed by atoms with Gasteiger partial charge in [0.2, 0.25) is 0 Å². The van der Waals surface area contributed by atoms with Gasteiger partial charge in [-0.1, -0.05) is 12.1 Å². The van der Waals surface area contributed by atoms with Crippen molar-refractivity contribution in [3.8, 4) is 0 Å². The largest absolute Gasteiger partial charge is 0.152 e. The fourth-order valence-corrected chi connectivity index (χ4v) is 4.25. The van der Waals surface area contributed by atoms with E-state index in [1.54, 1.807) is 33.1 Å². The topological polar surface area (TPSA) is 0 Å². The van der Waals surface area contributed by atoms with E-state index < -0.39 is 0 Å². The lowest BCUT2D eigenvalue weighted by atomic mass is 10.00. The summed E-state index contributed by atoms with van der Waals surface area (Å²) in [6, 6.07) is 8.45. The third kappa shape index (κ3) is 5.77. The predicted molar refractivity (Wildman–Crippen MR) is 99.1 cm³/mol. The number of hydrogen-bond acceptors (Lipinski definition) is 3. The van der Waals surface area contributed by atoms with E-state index in [0.717, 1.165) is 0 Å². The van der Waals surface area contributed by atoms with Gasteiger partial charge in [0.15, 0.2) is 0 Å². The van der Waals surface area contributed by atoms with Gasteiger partial charge in [0, 0.05) is 9.75 Å². The smallest absolute Gasteiger partial charge is 0.00772 e. The molecule has 0 aliphatic heterocycles. The van der Waals surface area contributed by atoms with Gasteiger partial charge in [0.1, 0.15) is 0 Å². The van der Waals surface area contributed by atoms with Gasteiger partial charge < -0.3 is 0 Å². The lowest BCUT2D eigenvalue weighted by molar-refractivity contribution is 0.697. The van der Waals surface area contributed by atoms with Gasteiger partial charge in [-0.15, -0.1) is 22.7 Å². The molecule has 0 amide bonds. The first kappa shape index (κ1) is 16.5. The van der Waals surface area contributed by atoms with Crippen molar-refractivity contribution in [1.82, 2.24) is 0 Å². The second-order valence-electron chi connectivity index (χ2n) is 5.03. The molecule has 0 saturated carbocycles. The number of thiophene rings is 3. The molecule has 0 radical (unpaired) electrons. The Balaban J connectivity index is 0.000000121. The van der Waals surface area contributed by atoms with Gasteiger partial charge in [-0.05, 0) is 84.3 Å². The number of hydrogen-bond donors (Lipinski definition) is 0. The van der Waals surface area contributed by atoms with Gasteiger partial charge in [0.25, 0.3) is 0 Å². The van der Waals surface area contributed by atoms with E-state index in [4.69, 9.17) is 0 Å². The van der Waals surface area contributed by atoms with Gasteiger partial charge in [-0.25, -0.2) is 0 Å². The van der Waals surface area contributed by atoms with Gasteiger partial charge >= 0.3 is 0 Å². The Morgan fingerprint density at radius 3 is 2.00 bits per heavy atom. The molecule has 0 nitrogen and oxygen atoms in total. The number of rotatable bonds is 0. The Morgan fingerprint density at radius 1 is 0.810 bits per heavy atom. The summed E-state index contributed by atoms with van der Waals surface area (Å²) in [5.74, 6) is 0. The maximum absolute atomic E-state index is 2.28. The van der Waals surface area contributed by atoms with Crippen LogP contribution >= 0.6 is 34.0 Å². The molecular weight excluding hydrogens is 312 g/mol. The van der Waals surface area contributed by atoms with Crippen LogP contribution < -0.4 is 0 Å². The van der Waals surface area contributed by atoms with Crippen molar-refractivity contribution < 1.29 is 0 Å². The van der Waals surface area contributed by atoms with Crippen LogP contribution in [0.15, 0.2) is 45.8 Å². The molecule has 3 aromatic rings. The molecule has 0 N–H and O–H groups in total. The van der Waals surface area contributed by atoms with Crippen LogP contribution in [0, 0.1) is 13.8 Å². The molecule has 0 bridgehead atoms. The first-order valence-corrected chi connectivity index (χ1v) is 10.0. The van der Waals surface area contributed by atoms with Crippen LogP contribution in [0.3, 0.4) is 0 Å². The van der Waals surface area contributed by atoms with E-state index in [1.165, 1.54) is 36.1 Å². The van der Waals surface area contributed by atoms with Crippen molar-refractivity contribution >= 4 is 34.0 Å². The molecule has 4 rings (SSSR count). The molecule has 3 aromatic heterocycles. The first-order chi connectivity index (χ1) is 10.3. The highest BCUT2D eigenvalue weighted by Gasteiger charge is 2.08. The Bertz CT molecular complexity index is 548. The zero-order valence-electron chi connectivity index (χ0n) is 12.7. The summed E-state index contributed by atoms with van der Waals surface area (Å²) >= 11 is 5.44. The molecule has 0 atom stereocenters. The highest BCUT2D eigenvalue weighted by Crippen LogP contribution is 2.25. The van der Waals surface area contributed by atoms with E-state index in [-0.39, 0.29) is 0 Å². The van der Waals surface area contributed by atoms with Crippen LogP contribution in [-0.2, 0) is 12.8 Å². The molecule has 1 aliphatic rings. The molecule has 1 aliphatic carbocycles. The Morgan fingerprint density at radius 2 is 1.52 bits per heavy atom. The van der Waals surface area contributed by atoms with E-state index in [9.17, 15) is 0 Å². The Hall–Kier alpha value is -0.900. The van der Waals surface area contributed by atoms with Crippen LogP contribution in [0.5, 0.6) is 0 Å². The van der Waals surface area contributed by atoms with E-state index in [2.05, 4.69) is 36.7 Å². The average molecular weight is 335 g/mol. The standard InChI is InChI=1S/C8H10S.C6H8S.C4H4S/c1-2-4-8-7(3-1)5-6-9-8;1-5-3-4-7-6(5)2;1-2-4-5-3-1/h5-6H,1-4H2;3-4H,1-2H3;1-4H. The summed E-state index contributed by atoms with van der Waals surface area (Å²) in [6.45, 7) is 4.27. The third-order valence-corrected chi connectivity index (χ3v) is 6.08. The maximum atomic E-state index is 2.28. The van der Waals surface area contributed by atoms with Crippen LogP contribution in [0.4, 0.5) is 0 Å². The third-order valence-electron chi connectivity index (χ3n) is 3.48. The molecule has 0 fully saturated rings. The predicted octanol–water partition coefficient (Wildman–Crippen LogP) is 6.74. The zero-order chi connectivity index (χ0) is 14.9. The highest BCUT2D eigenvalue weighted by molar-refractivity contribution is 7.10. The second kappa shape index (κ2) is 9.19. The quantitative estimate of drug-likeness (QED) is 0.427. The average Bonchev–Trinajstić information content (AvgIpc) is 3.24. The van der Waals surface area contributed by atoms with Gasteiger partial charge in [-0.3, -0.25) is 0 Å². The minimum Gasteiger partial charge on any atom is -0.152 e. The van der Waals surface area contributed by atoms with Crippen molar-refractivity contribution in [3.63, 3.8) is 0 Å². The lowest BCUT2D eigenvalue weighted by Gasteiger charge is -2.08. The van der Waals surface area contributed by atoms with Gasteiger partial charge in [-0.2, -0.15) is 11.3 Å². The van der Waals surface area contributed by atoms with Crippen molar-refractivity contribution in [1.29, 1.82) is 0 Å². The molecule has 21 heavy (non-hydrogen) atoms. The van der Waals surface area contributed by atoms with E-state index in [1.807, 2.05) is 34.2 Å². The minimum absolute atomic E-state index is 1.33. The summed E-state index contributed by atoms with van der Waals surface area (Å²) in [6.07, 6.45) is 5.49. The van der Waals surface area contributed by atoms with Crippen molar-refractivity contribution in [2.24, 2.45) is 0 Å². The van der Waals surface area contributed by atoms with Crippen LogP contribution in [0.25, 0.3) is 0 Å². The van der Waals surface area contributed by atoms with Crippen LogP contribution in [-0.4, -0.2) is 0 Å². The monoisotopic (exact) mass is 334 g/mol. The molecular formula is C18H22S3. The zero-order valence-corrected chi connectivity index (χ0v) is 15.1. The Kier molecular flexibility index (Phi) is 7.20. The van der Waals surface area contributed by atoms with E-state index in [0.29, 0.717) is 0 Å². The summed E-state index contributed by atoms with van der Waals surface area (Å²) in [7, 11) is 0.